The van der Waals surface area contributed by atoms with Gasteiger partial charge in [0.25, 0.3) is 0 Å². The highest BCUT2D eigenvalue weighted by atomic mass is 16.5. The first kappa shape index (κ1) is 15.8. The molecular formula is C15H24N2O4. The summed E-state index contributed by atoms with van der Waals surface area (Å²) < 4.78 is 9.56. The third kappa shape index (κ3) is 3.54. The Morgan fingerprint density at radius 1 is 1.24 bits per heavy atom. The zero-order valence-corrected chi connectivity index (χ0v) is 12.8. The molecule has 0 radical (unpaired) electrons. The summed E-state index contributed by atoms with van der Waals surface area (Å²) in [4.78, 5) is 30.1. The van der Waals surface area contributed by atoms with Gasteiger partial charge in [-0.15, -0.1) is 0 Å². The first-order chi connectivity index (χ1) is 10.1. The molecule has 6 heteroatoms. The molecule has 1 unspecified atom stereocenters. The third-order valence-electron chi connectivity index (χ3n) is 4.48. The second kappa shape index (κ2) is 6.91. The van der Waals surface area contributed by atoms with Crippen LogP contribution in [0.3, 0.4) is 0 Å². The first-order valence-electron chi connectivity index (χ1n) is 7.57. The Balaban J connectivity index is 2.03. The maximum atomic E-state index is 12.2. The van der Waals surface area contributed by atoms with Crippen molar-refractivity contribution in [3.8, 4) is 0 Å². The summed E-state index contributed by atoms with van der Waals surface area (Å²) >= 11 is 0. The molecule has 0 aromatic rings. The summed E-state index contributed by atoms with van der Waals surface area (Å²) in [5, 5.41) is 0. The molecule has 6 nitrogen and oxygen atoms in total. The molecule has 0 aromatic carbocycles. The summed E-state index contributed by atoms with van der Waals surface area (Å²) in [7, 11) is 2.71. The molecular weight excluding hydrogens is 272 g/mol. The van der Waals surface area contributed by atoms with Crippen LogP contribution in [0.1, 0.15) is 44.9 Å². The second-order valence-corrected chi connectivity index (χ2v) is 5.81. The minimum Gasteiger partial charge on any atom is -0.469 e. The Kier molecular flexibility index (Phi) is 5.20. The highest BCUT2D eigenvalue weighted by Gasteiger charge is 2.45. The van der Waals surface area contributed by atoms with Crippen molar-refractivity contribution in [3.63, 3.8) is 0 Å². The van der Waals surface area contributed by atoms with E-state index in [0.717, 1.165) is 12.8 Å². The summed E-state index contributed by atoms with van der Waals surface area (Å²) in [5.74, 6) is -0.703. The van der Waals surface area contributed by atoms with Crippen molar-refractivity contribution < 1.29 is 19.1 Å². The number of aliphatic imine (C=N–C) groups is 1. The smallest absolute Gasteiger partial charge is 0.335 e. The average Bonchev–Trinajstić information content (AvgIpc) is 2.98. The molecule has 1 aliphatic heterocycles. The molecule has 0 N–H and O–H groups in total. The Hall–Kier alpha value is -1.59. The highest BCUT2D eigenvalue weighted by molar-refractivity contribution is 5.86. The van der Waals surface area contributed by atoms with E-state index in [1.54, 1.807) is 6.34 Å². The molecule has 2 aliphatic rings. The fourth-order valence-electron chi connectivity index (χ4n) is 3.17. The van der Waals surface area contributed by atoms with Crippen LogP contribution in [-0.4, -0.2) is 55.5 Å². The fraction of sp³-hybridized carbons (Fsp3) is 0.800. The molecule has 0 aromatic heterocycles. The van der Waals surface area contributed by atoms with Gasteiger partial charge in [-0.25, -0.2) is 4.79 Å². The van der Waals surface area contributed by atoms with Crippen molar-refractivity contribution in [2.75, 3.05) is 20.8 Å². The van der Waals surface area contributed by atoms with Crippen molar-refractivity contribution >= 4 is 18.3 Å². The Morgan fingerprint density at radius 3 is 2.57 bits per heavy atom. The van der Waals surface area contributed by atoms with E-state index in [1.807, 2.05) is 0 Å². The SMILES string of the molecule is COC(=O)CCC1(C(=O)OC)CN(C2CCCCC2)C=N1. The zero-order chi connectivity index (χ0) is 15.3. The lowest BCUT2D eigenvalue weighted by Crippen LogP contribution is -2.46. The van der Waals surface area contributed by atoms with Crippen LogP contribution in [0.15, 0.2) is 4.99 Å². The molecule has 0 bridgehead atoms. The molecule has 0 amide bonds. The van der Waals surface area contributed by atoms with Gasteiger partial charge < -0.3 is 14.4 Å². The molecule has 2 rings (SSSR count). The standard InChI is InChI=1S/C15H24N2O4/c1-20-13(18)8-9-15(14(19)21-2)10-17(11-16-15)12-6-4-3-5-7-12/h11-12H,3-10H2,1-2H3. The van der Waals surface area contributed by atoms with Crippen molar-refractivity contribution in [3.05, 3.63) is 0 Å². The van der Waals surface area contributed by atoms with E-state index in [4.69, 9.17) is 4.74 Å². The summed E-state index contributed by atoms with van der Waals surface area (Å²) in [6.07, 6.45) is 8.27. The van der Waals surface area contributed by atoms with Crippen LogP contribution in [0.25, 0.3) is 0 Å². The lowest BCUT2D eigenvalue weighted by atomic mass is 9.91. The van der Waals surface area contributed by atoms with Crippen molar-refractivity contribution in [1.82, 2.24) is 4.90 Å². The quantitative estimate of drug-likeness (QED) is 0.720. The Bertz CT molecular complexity index is 418. The lowest BCUT2D eigenvalue weighted by Gasteiger charge is -2.33. The van der Waals surface area contributed by atoms with E-state index >= 15 is 0 Å². The van der Waals surface area contributed by atoms with E-state index in [2.05, 4.69) is 14.6 Å². The predicted molar refractivity (Wildman–Crippen MR) is 78.1 cm³/mol. The van der Waals surface area contributed by atoms with E-state index in [-0.39, 0.29) is 18.4 Å². The molecule has 1 fully saturated rings. The van der Waals surface area contributed by atoms with E-state index in [9.17, 15) is 9.59 Å². The summed E-state index contributed by atoms with van der Waals surface area (Å²) in [6, 6.07) is 0.451. The van der Waals surface area contributed by atoms with Crippen LogP contribution in [-0.2, 0) is 19.1 Å². The van der Waals surface area contributed by atoms with Crippen molar-refractivity contribution in [2.45, 2.75) is 56.5 Å². The van der Waals surface area contributed by atoms with Crippen LogP contribution in [0, 0.1) is 0 Å². The number of carbonyl (C=O) groups is 2. The van der Waals surface area contributed by atoms with E-state index in [0.29, 0.717) is 19.0 Å². The Morgan fingerprint density at radius 2 is 1.95 bits per heavy atom. The van der Waals surface area contributed by atoms with Gasteiger partial charge in [0.1, 0.15) is 0 Å². The van der Waals surface area contributed by atoms with E-state index < -0.39 is 5.54 Å². The van der Waals surface area contributed by atoms with Gasteiger partial charge >= 0.3 is 11.9 Å². The molecule has 1 saturated carbocycles. The molecule has 1 aliphatic carbocycles. The van der Waals surface area contributed by atoms with Crippen LogP contribution >= 0.6 is 0 Å². The minimum atomic E-state index is -0.958. The molecule has 21 heavy (non-hydrogen) atoms. The van der Waals surface area contributed by atoms with Crippen molar-refractivity contribution in [2.24, 2.45) is 4.99 Å². The first-order valence-corrected chi connectivity index (χ1v) is 7.57. The monoisotopic (exact) mass is 296 g/mol. The number of rotatable bonds is 5. The molecule has 0 saturated heterocycles. The van der Waals surface area contributed by atoms with Gasteiger partial charge in [0, 0.05) is 12.5 Å². The summed E-state index contributed by atoms with van der Waals surface area (Å²) in [6.45, 7) is 0.501. The molecule has 1 heterocycles. The third-order valence-corrected chi connectivity index (χ3v) is 4.48. The fourth-order valence-corrected chi connectivity index (χ4v) is 3.17. The maximum Gasteiger partial charge on any atom is 0.335 e. The zero-order valence-electron chi connectivity index (χ0n) is 12.8. The van der Waals surface area contributed by atoms with Gasteiger partial charge in [0.2, 0.25) is 0 Å². The van der Waals surface area contributed by atoms with Gasteiger partial charge in [-0.2, -0.15) is 0 Å². The number of esters is 2. The van der Waals surface area contributed by atoms with Crippen LogP contribution < -0.4 is 0 Å². The number of methoxy groups -OCH3 is 2. The summed E-state index contributed by atoms with van der Waals surface area (Å²) in [5.41, 5.74) is -0.958. The molecule has 118 valence electrons. The number of nitrogens with zero attached hydrogens (tertiary/aromatic N) is 2. The number of ether oxygens (including phenoxy) is 2. The highest BCUT2D eigenvalue weighted by Crippen LogP contribution is 2.31. The minimum absolute atomic E-state index is 0.168. The van der Waals surface area contributed by atoms with Gasteiger partial charge in [-0.1, -0.05) is 19.3 Å². The van der Waals surface area contributed by atoms with Crippen molar-refractivity contribution in [1.29, 1.82) is 0 Å². The number of carbonyl (C=O) groups excluding carboxylic acids is 2. The Labute approximate surface area is 125 Å². The van der Waals surface area contributed by atoms with Gasteiger partial charge in [-0.05, 0) is 19.3 Å². The van der Waals surface area contributed by atoms with Crippen LogP contribution in [0.5, 0.6) is 0 Å². The second-order valence-electron chi connectivity index (χ2n) is 5.81. The van der Waals surface area contributed by atoms with Gasteiger partial charge in [0.15, 0.2) is 5.54 Å². The van der Waals surface area contributed by atoms with E-state index in [1.165, 1.54) is 33.5 Å². The van der Waals surface area contributed by atoms with Crippen LogP contribution in [0.4, 0.5) is 0 Å². The largest absolute Gasteiger partial charge is 0.469 e. The molecule has 0 spiro atoms. The molecule has 1 atom stereocenters. The number of hydrogen-bond acceptors (Lipinski definition) is 6. The predicted octanol–water partition coefficient (Wildman–Crippen LogP) is 1.53. The topological polar surface area (TPSA) is 68.2 Å². The normalized spacial score (nSPS) is 25.9. The number of hydrogen-bond donors (Lipinski definition) is 0. The van der Waals surface area contributed by atoms with Crippen LogP contribution in [0.2, 0.25) is 0 Å². The van der Waals surface area contributed by atoms with Gasteiger partial charge in [0.05, 0.1) is 27.1 Å². The average molecular weight is 296 g/mol. The maximum absolute atomic E-state index is 12.2. The lowest BCUT2D eigenvalue weighted by molar-refractivity contribution is -0.148. The van der Waals surface area contributed by atoms with Gasteiger partial charge in [-0.3, -0.25) is 9.79 Å².